The fourth-order valence-corrected chi connectivity index (χ4v) is 3.11. The number of carbonyl (C=O) groups is 2. The Balaban J connectivity index is 2.51. The maximum absolute atomic E-state index is 12.6. The monoisotopic (exact) mass is 305 g/mol. The Morgan fingerprint density at radius 2 is 2.05 bits per heavy atom. The van der Waals surface area contributed by atoms with Crippen molar-refractivity contribution < 1.29 is 14.3 Å². The molecule has 1 heterocycles. The molecule has 0 N–H and O–H groups in total. The van der Waals surface area contributed by atoms with Crippen LogP contribution in [0.3, 0.4) is 0 Å². The van der Waals surface area contributed by atoms with E-state index in [0.717, 1.165) is 24.1 Å². The van der Waals surface area contributed by atoms with Crippen molar-refractivity contribution in [2.75, 3.05) is 0 Å². The molecule has 1 aromatic heterocycles. The summed E-state index contributed by atoms with van der Waals surface area (Å²) in [4.78, 5) is 25.0. The van der Waals surface area contributed by atoms with Crippen molar-refractivity contribution in [1.82, 2.24) is 4.57 Å². The van der Waals surface area contributed by atoms with E-state index in [1.165, 1.54) is 4.57 Å². The summed E-state index contributed by atoms with van der Waals surface area (Å²) in [7, 11) is 0. The van der Waals surface area contributed by atoms with E-state index in [4.69, 9.17) is 4.74 Å². The largest absolute Gasteiger partial charge is 0.443 e. The van der Waals surface area contributed by atoms with Crippen molar-refractivity contribution in [3.8, 4) is 0 Å². The van der Waals surface area contributed by atoms with Gasteiger partial charge in [-0.05, 0) is 50.7 Å². The lowest BCUT2D eigenvalue weighted by molar-refractivity contribution is 0.0524. The number of Topliss-reactive ketones (excluding diaryl/α,β-unsaturated/α-hetero) is 1. The fraction of sp³-hybridized carbons (Fsp3) is 0.667. The lowest BCUT2D eigenvalue weighted by Gasteiger charge is -2.21. The topological polar surface area (TPSA) is 48.3 Å². The summed E-state index contributed by atoms with van der Waals surface area (Å²) in [5.74, 6) is 0.651. The summed E-state index contributed by atoms with van der Waals surface area (Å²) < 4.78 is 7.03. The number of ketones is 1. The van der Waals surface area contributed by atoms with E-state index >= 15 is 0 Å². The molecule has 4 heteroatoms. The first-order valence-electron chi connectivity index (χ1n) is 8.16. The van der Waals surface area contributed by atoms with Gasteiger partial charge in [0.25, 0.3) is 0 Å². The maximum atomic E-state index is 12.6. The zero-order chi connectivity index (χ0) is 16.7. The van der Waals surface area contributed by atoms with E-state index in [1.807, 2.05) is 26.8 Å². The van der Waals surface area contributed by atoms with Crippen LogP contribution < -0.4 is 0 Å². The van der Waals surface area contributed by atoms with Gasteiger partial charge in [-0.1, -0.05) is 27.2 Å². The molecule has 1 unspecified atom stereocenters. The number of fused-ring (bicyclic) bond motifs is 1. The summed E-state index contributed by atoms with van der Waals surface area (Å²) in [5, 5.41) is 0. The predicted molar refractivity (Wildman–Crippen MR) is 86.6 cm³/mol. The molecule has 1 aliphatic rings. The molecule has 122 valence electrons. The zero-order valence-corrected chi connectivity index (χ0v) is 14.5. The van der Waals surface area contributed by atoms with Crippen LogP contribution in [0.25, 0.3) is 0 Å². The average Bonchev–Trinajstić information content (AvgIpc) is 2.86. The predicted octanol–water partition coefficient (Wildman–Crippen LogP) is 4.55. The first-order chi connectivity index (χ1) is 10.2. The molecule has 22 heavy (non-hydrogen) atoms. The van der Waals surface area contributed by atoms with Crippen LogP contribution in [0.4, 0.5) is 4.79 Å². The van der Waals surface area contributed by atoms with Gasteiger partial charge in [-0.3, -0.25) is 4.79 Å². The lowest BCUT2D eigenvalue weighted by Crippen LogP contribution is -2.29. The number of rotatable bonds is 3. The van der Waals surface area contributed by atoms with Crippen molar-refractivity contribution in [3.63, 3.8) is 0 Å². The van der Waals surface area contributed by atoms with Gasteiger partial charge < -0.3 is 4.74 Å². The minimum Gasteiger partial charge on any atom is -0.443 e. The van der Waals surface area contributed by atoms with E-state index in [0.29, 0.717) is 18.0 Å². The maximum Gasteiger partial charge on any atom is 0.419 e. The first kappa shape index (κ1) is 16.8. The third-order valence-electron chi connectivity index (χ3n) is 4.06. The molecule has 0 fully saturated rings. The van der Waals surface area contributed by atoms with Gasteiger partial charge in [0.15, 0.2) is 5.78 Å². The molecule has 1 aromatic rings. The van der Waals surface area contributed by atoms with E-state index in [2.05, 4.69) is 20.8 Å². The van der Waals surface area contributed by atoms with Gasteiger partial charge in [-0.15, -0.1) is 0 Å². The van der Waals surface area contributed by atoms with Crippen LogP contribution in [-0.2, 0) is 11.2 Å². The number of carbonyl (C=O) groups excluding carboxylic acids is 2. The normalized spacial score (nSPS) is 18.0. The van der Waals surface area contributed by atoms with Crippen LogP contribution in [0.5, 0.6) is 0 Å². The quantitative estimate of drug-likeness (QED) is 0.823. The highest BCUT2D eigenvalue weighted by molar-refractivity contribution is 6.03. The number of aromatic nitrogens is 1. The first-order valence-corrected chi connectivity index (χ1v) is 8.16. The molecule has 0 saturated heterocycles. The third-order valence-corrected chi connectivity index (χ3v) is 4.06. The Kier molecular flexibility index (Phi) is 4.50. The Labute approximate surface area is 132 Å². The summed E-state index contributed by atoms with van der Waals surface area (Å²) in [5.41, 5.74) is 1.89. The van der Waals surface area contributed by atoms with Gasteiger partial charge in [0.05, 0.1) is 5.69 Å². The van der Waals surface area contributed by atoms with Gasteiger partial charge in [-0.2, -0.15) is 0 Å². The van der Waals surface area contributed by atoms with Gasteiger partial charge in [-0.25, -0.2) is 9.36 Å². The standard InChI is InChI=1S/C18H27NO3/c1-7-8-12-9-14-13(11(2)3)10-15(20)16(14)19(12)17(21)22-18(4,5)6/h9,11,13H,7-8,10H2,1-6H3. The zero-order valence-electron chi connectivity index (χ0n) is 14.5. The number of aryl methyl sites for hydroxylation is 1. The fourth-order valence-electron chi connectivity index (χ4n) is 3.11. The van der Waals surface area contributed by atoms with Crippen molar-refractivity contribution >= 4 is 11.9 Å². The minimum absolute atomic E-state index is 0.0573. The molecule has 0 aliphatic heterocycles. The van der Waals surface area contributed by atoms with E-state index < -0.39 is 11.7 Å². The second-order valence-electron chi connectivity index (χ2n) is 7.48. The molecule has 2 rings (SSSR count). The highest BCUT2D eigenvalue weighted by atomic mass is 16.6. The molecule has 0 amide bonds. The van der Waals surface area contributed by atoms with Gasteiger partial charge >= 0.3 is 6.09 Å². The van der Waals surface area contributed by atoms with Crippen molar-refractivity contribution in [2.24, 2.45) is 5.92 Å². The van der Waals surface area contributed by atoms with Crippen molar-refractivity contribution in [2.45, 2.75) is 72.3 Å². The van der Waals surface area contributed by atoms with Crippen LogP contribution in [0.15, 0.2) is 6.07 Å². The number of ether oxygens (including phenoxy) is 1. The summed E-state index contributed by atoms with van der Waals surface area (Å²) >= 11 is 0. The summed E-state index contributed by atoms with van der Waals surface area (Å²) in [6, 6.07) is 2.04. The highest BCUT2D eigenvalue weighted by Crippen LogP contribution is 2.40. The van der Waals surface area contributed by atoms with Crippen molar-refractivity contribution in [1.29, 1.82) is 0 Å². The Bertz CT molecular complexity index is 590. The number of hydrogen-bond acceptors (Lipinski definition) is 3. The molecular formula is C18H27NO3. The minimum atomic E-state index is -0.573. The van der Waals surface area contributed by atoms with Crippen LogP contribution in [-0.4, -0.2) is 22.0 Å². The molecule has 0 aromatic carbocycles. The second kappa shape index (κ2) is 5.90. The molecule has 0 saturated carbocycles. The van der Waals surface area contributed by atoms with Gasteiger partial charge in [0, 0.05) is 12.1 Å². The van der Waals surface area contributed by atoms with Gasteiger partial charge in [0.2, 0.25) is 0 Å². The molecule has 0 bridgehead atoms. The van der Waals surface area contributed by atoms with E-state index in [1.54, 1.807) is 0 Å². The molecule has 0 spiro atoms. The molecule has 0 radical (unpaired) electrons. The second-order valence-corrected chi connectivity index (χ2v) is 7.48. The average molecular weight is 305 g/mol. The number of hydrogen-bond donors (Lipinski definition) is 0. The van der Waals surface area contributed by atoms with Crippen LogP contribution in [0.1, 0.15) is 82.0 Å². The molecule has 1 atom stereocenters. The lowest BCUT2D eigenvalue weighted by atomic mass is 9.91. The highest BCUT2D eigenvalue weighted by Gasteiger charge is 2.38. The summed E-state index contributed by atoms with van der Waals surface area (Å²) in [6.45, 7) is 11.8. The van der Waals surface area contributed by atoms with Crippen LogP contribution in [0.2, 0.25) is 0 Å². The van der Waals surface area contributed by atoms with E-state index in [9.17, 15) is 9.59 Å². The Hall–Kier alpha value is -1.58. The van der Waals surface area contributed by atoms with Crippen molar-refractivity contribution in [3.05, 3.63) is 23.0 Å². The molecule has 4 nitrogen and oxygen atoms in total. The smallest absolute Gasteiger partial charge is 0.419 e. The Morgan fingerprint density at radius 3 is 2.55 bits per heavy atom. The van der Waals surface area contributed by atoms with Crippen LogP contribution in [0, 0.1) is 5.92 Å². The van der Waals surface area contributed by atoms with Crippen LogP contribution >= 0.6 is 0 Å². The molecule has 1 aliphatic carbocycles. The molecular weight excluding hydrogens is 278 g/mol. The third kappa shape index (κ3) is 3.11. The summed E-state index contributed by atoms with van der Waals surface area (Å²) in [6.07, 6.45) is 1.75. The SMILES string of the molecule is CCCc1cc2c(n1C(=O)OC(C)(C)C)C(=O)CC2C(C)C. The number of nitrogens with zero attached hydrogens (tertiary/aromatic N) is 1. The Morgan fingerprint density at radius 1 is 1.41 bits per heavy atom. The van der Waals surface area contributed by atoms with Gasteiger partial charge in [0.1, 0.15) is 5.60 Å². The van der Waals surface area contributed by atoms with E-state index in [-0.39, 0.29) is 11.7 Å².